The Labute approximate surface area is 62.2 Å². The summed E-state index contributed by atoms with van der Waals surface area (Å²) in [5.74, 6) is -0.474. The third-order valence-corrected chi connectivity index (χ3v) is 1.52. The highest BCUT2D eigenvalue weighted by atomic mass is 16.5. The molecule has 2 heterocycles. The lowest BCUT2D eigenvalue weighted by atomic mass is 10.4. The molecule has 0 saturated heterocycles. The molecule has 1 aromatic rings. The van der Waals surface area contributed by atoms with Gasteiger partial charge in [-0.2, -0.15) is 5.10 Å². The van der Waals surface area contributed by atoms with Crippen LogP contribution in [0, 0.1) is 0 Å². The first kappa shape index (κ1) is 6.21. The summed E-state index contributed by atoms with van der Waals surface area (Å²) in [6, 6.07) is 1.43. The van der Waals surface area contributed by atoms with Crippen molar-refractivity contribution in [1.29, 1.82) is 0 Å². The van der Waals surface area contributed by atoms with Gasteiger partial charge in [-0.05, 0) is 0 Å². The summed E-state index contributed by atoms with van der Waals surface area (Å²) in [4.78, 5) is 10.4. The van der Waals surface area contributed by atoms with E-state index in [4.69, 9.17) is 9.84 Å². The van der Waals surface area contributed by atoms with Crippen LogP contribution in [-0.4, -0.2) is 27.5 Å². The van der Waals surface area contributed by atoms with Crippen molar-refractivity contribution < 1.29 is 14.6 Å². The minimum absolute atomic E-state index is 0.0414. The van der Waals surface area contributed by atoms with E-state index in [1.807, 2.05) is 0 Å². The first-order valence-corrected chi connectivity index (χ1v) is 3.21. The molecule has 0 atom stereocenters. The maximum atomic E-state index is 10.4. The van der Waals surface area contributed by atoms with Crippen molar-refractivity contribution >= 4 is 5.97 Å². The third-order valence-electron chi connectivity index (χ3n) is 1.52. The van der Waals surface area contributed by atoms with Gasteiger partial charge >= 0.3 is 5.97 Å². The lowest BCUT2D eigenvalue weighted by Gasteiger charge is -1.86. The van der Waals surface area contributed by atoms with Gasteiger partial charge in [0.25, 0.3) is 0 Å². The molecule has 1 aliphatic heterocycles. The van der Waals surface area contributed by atoms with Crippen molar-refractivity contribution in [3.05, 3.63) is 11.8 Å². The van der Waals surface area contributed by atoms with Gasteiger partial charge in [0.1, 0.15) is 6.61 Å². The molecule has 11 heavy (non-hydrogen) atoms. The highest BCUT2D eigenvalue weighted by Crippen LogP contribution is 2.17. The van der Waals surface area contributed by atoms with Crippen LogP contribution in [0.25, 0.3) is 0 Å². The molecule has 0 spiro atoms. The Bertz CT molecular complexity index is 283. The fourth-order valence-corrected chi connectivity index (χ4v) is 1.02. The molecule has 1 aliphatic rings. The predicted molar refractivity (Wildman–Crippen MR) is 34.7 cm³/mol. The van der Waals surface area contributed by atoms with Crippen LogP contribution in [0.2, 0.25) is 0 Å². The van der Waals surface area contributed by atoms with E-state index < -0.39 is 5.97 Å². The summed E-state index contributed by atoms with van der Waals surface area (Å²) in [6.07, 6.45) is 0. The molecular weight excluding hydrogens is 148 g/mol. The maximum Gasteiger partial charge on any atom is 0.356 e. The number of ether oxygens (including phenoxy) is 1. The van der Waals surface area contributed by atoms with Crippen LogP contribution < -0.4 is 4.74 Å². The molecule has 0 bridgehead atoms. The topological polar surface area (TPSA) is 64.3 Å². The molecule has 0 aromatic carbocycles. The first-order chi connectivity index (χ1) is 5.27. The van der Waals surface area contributed by atoms with E-state index >= 15 is 0 Å². The summed E-state index contributed by atoms with van der Waals surface area (Å²) in [5.41, 5.74) is 0.0414. The van der Waals surface area contributed by atoms with Crippen LogP contribution in [0.3, 0.4) is 0 Å². The van der Waals surface area contributed by atoms with E-state index in [9.17, 15) is 4.79 Å². The van der Waals surface area contributed by atoms with E-state index in [1.54, 1.807) is 4.68 Å². The quantitative estimate of drug-likeness (QED) is 0.617. The molecule has 0 saturated carbocycles. The molecule has 0 fully saturated rings. The van der Waals surface area contributed by atoms with Crippen molar-refractivity contribution in [2.24, 2.45) is 0 Å². The average Bonchev–Trinajstić information content (AvgIpc) is 2.40. The third kappa shape index (κ3) is 0.849. The van der Waals surface area contributed by atoms with Crippen LogP contribution in [0.5, 0.6) is 5.88 Å². The lowest BCUT2D eigenvalue weighted by Crippen LogP contribution is -2.02. The van der Waals surface area contributed by atoms with Crippen LogP contribution in [-0.2, 0) is 6.54 Å². The summed E-state index contributed by atoms with van der Waals surface area (Å²) in [6.45, 7) is 1.23. The average molecular weight is 154 g/mol. The normalized spacial score (nSPS) is 14.2. The fraction of sp³-hybridized carbons (Fsp3) is 0.333. The number of hydrogen-bond donors (Lipinski definition) is 1. The number of carboxylic acid groups (broad SMARTS) is 1. The van der Waals surface area contributed by atoms with Crippen LogP contribution >= 0.6 is 0 Å². The van der Waals surface area contributed by atoms with Crippen LogP contribution in [0.4, 0.5) is 0 Å². The SMILES string of the molecule is O=C(O)c1cc2n(n1)CCO2. The molecule has 5 nitrogen and oxygen atoms in total. The first-order valence-electron chi connectivity index (χ1n) is 3.21. The van der Waals surface area contributed by atoms with Gasteiger partial charge in [-0.3, -0.25) is 0 Å². The van der Waals surface area contributed by atoms with Crippen molar-refractivity contribution in [2.45, 2.75) is 6.54 Å². The molecular formula is C6H6N2O3. The summed E-state index contributed by atoms with van der Waals surface area (Å²) in [7, 11) is 0. The second kappa shape index (κ2) is 1.98. The molecule has 0 radical (unpaired) electrons. The molecule has 0 unspecified atom stereocenters. The molecule has 0 amide bonds. The number of carbonyl (C=O) groups is 1. The van der Waals surface area contributed by atoms with Gasteiger partial charge in [-0.25, -0.2) is 9.48 Å². The standard InChI is InChI=1S/C6H6N2O3/c9-6(10)4-3-5-8(7-4)1-2-11-5/h3H,1-2H2,(H,9,10). The molecule has 5 heteroatoms. The Hall–Kier alpha value is -1.52. The fourth-order valence-electron chi connectivity index (χ4n) is 1.02. The Balaban J connectivity index is 2.42. The zero-order chi connectivity index (χ0) is 7.84. The van der Waals surface area contributed by atoms with Gasteiger partial charge < -0.3 is 9.84 Å². The summed E-state index contributed by atoms with van der Waals surface area (Å²) >= 11 is 0. The summed E-state index contributed by atoms with van der Waals surface area (Å²) < 4.78 is 6.61. The second-order valence-corrected chi connectivity index (χ2v) is 2.24. The van der Waals surface area contributed by atoms with Crippen molar-refractivity contribution in [2.75, 3.05) is 6.61 Å². The number of rotatable bonds is 1. The Morgan fingerprint density at radius 1 is 1.82 bits per heavy atom. The van der Waals surface area contributed by atoms with Gasteiger partial charge in [0.2, 0.25) is 5.88 Å². The van der Waals surface area contributed by atoms with E-state index in [1.165, 1.54) is 6.07 Å². The number of carboxylic acids is 1. The zero-order valence-electron chi connectivity index (χ0n) is 5.65. The maximum absolute atomic E-state index is 10.4. The minimum atomic E-state index is -1.02. The molecule has 1 aromatic heterocycles. The Kier molecular flexibility index (Phi) is 1.12. The van der Waals surface area contributed by atoms with Crippen molar-refractivity contribution in [3.8, 4) is 5.88 Å². The summed E-state index contributed by atoms with van der Waals surface area (Å²) in [5, 5.41) is 12.3. The number of fused-ring (bicyclic) bond motifs is 1. The molecule has 1 N–H and O–H groups in total. The van der Waals surface area contributed by atoms with E-state index in [0.29, 0.717) is 19.0 Å². The molecule has 2 rings (SSSR count). The van der Waals surface area contributed by atoms with Crippen LogP contribution in [0.1, 0.15) is 10.5 Å². The van der Waals surface area contributed by atoms with E-state index in [-0.39, 0.29) is 5.69 Å². The lowest BCUT2D eigenvalue weighted by molar-refractivity contribution is 0.0689. The van der Waals surface area contributed by atoms with Crippen molar-refractivity contribution in [1.82, 2.24) is 9.78 Å². The monoisotopic (exact) mass is 154 g/mol. The van der Waals surface area contributed by atoms with Gasteiger partial charge in [-0.1, -0.05) is 0 Å². The van der Waals surface area contributed by atoms with E-state index in [0.717, 1.165) is 0 Å². The predicted octanol–water partition coefficient (Wildman–Crippen LogP) is -0.0263. The van der Waals surface area contributed by atoms with Gasteiger partial charge in [0, 0.05) is 6.07 Å². The number of aromatic carboxylic acids is 1. The second-order valence-electron chi connectivity index (χ2n) is 2.24. The minimum Gasteiger partial charge on any atom is -0.476 e. The van der Waals surface area contributed by atoms with E-state index in [2.05, 4.69) is 5.10 Å². The number of nitrogens with zero attached hydrogens (tertiary/aromatic N) is 2. The Morgan fingerprint density at radius 2 is 2.64 bits per heavy atom. The largest absolute Gasteiger partial charge is 0.476 e. The highest BCUT2D eigenvalue weighted by Gasteiger charge is 2.17. The van der Waals surface area contributed by atoms with Gasteiger partial charge in [-0.15, -0.1) is 0 Å². The number of aromatic nitrogens is 2. The number of hydrogen-bond acceptors (Lipinski definition) is 3. The van der Waals surface area contributed by atoms with Crippen LogP contribution in [0.15, 0.2) is 6.07 Å². The zero-order valence-corrected chi connectivity index (χ0v) is 5.65. The van der Waals surface area contributed by atoms with Gasteiger partial charge in [0.05, 0.1) is 6.54 Å². The smallest absolute Gasteiger partial charge is 0.356 e. The van der Waals surface area contributed by atoms with Gasteiger partial charge in [0.15, 0.2) is 5.69 Å². The van der Waals surface area contributed by atoms with Crippen molar-refractivity contribution in [3.63, 3.8) is 0 Å². The molecule has 0 aliphatic carbocycles. The molecule has 58 valence electrons. The Morgan fingerprint density at radius 3 is 3.27 bits per heavy atom. The highest BCUT2D eigenvalue weighted by molar-refractivity contribution is 5.85.